The molecule has 0 aromatic carbocycles. The molecule has 0 unspecified atom stereocenters. The van der Waals surface area contributed by atoms with Gasteiger partial charge in [-0.25, -0.2) is 0 Å². The molecule has 0 aromatic heterocycles. The molecule has 0 atom stereocenters. The molecule has 2 rings (SSSR count). The van der Waals surface area contributed by atoms with Crippen LogP contribution in [0.2, 0.25) is 0 Å². The van der Waals surface area contributed by atoms with Crippen LogP contribution in [0.1, 0.15) is 44.9 Å². The lowest BCUT2D eigenvalue weighted by atomic mass is 9.92. The largest absolute Gasteiger partial charge is 0.393 e. The molecule has 3 heteroatoms. The second kappa shape index (κ2) is 5.48. The molecule has 2 aliphatic rings. The van der Waals surface area contributed by atoms with Gasteiger partial charge >= 0.3 is 0 Å². The minimum absolute atomic E-state index is 0.0403. The summed E-state index contributed by atoms with van der Waals surface area (Å²) < 4.78 is 5.16. The van der Waals surface area contributed by atoms with Gasteiger partial charge in [0, 0.05) is 26.3 Å². The third-order valence-electron chi connectivity index (χ3n) is 4.26. The third-order valence-corrected chi connectivity index (χ3v) is 4.26. The Hall–Kier alpha value is -0.120. The summed E-state index contributed by atoms with van der Waals surface area (Å²) in [6.45, 7) is 2.04. The van der Waals surface area contributed by atoms with Crippen LogP contribution >= 0.6 is 0 Å². The molecule has 0 aromatic rings. The molecule has 0 amide bonds. The maximum absolute atomic E-state index is 9.44. The van der Waals surface area contributed by atoms with Crippen molar-refractivity contribution in [3.63, 3.8) is 0 Å². The van der Waals surface area contributed by atoms with Gasteiger partial charge in [-0.2, -0.15) is 0 Å². The second-order valence-electron chi connectivity index (χ2n) is 5.63. The molecule has 3 nitrogen and oxygen atoms in total. The number of hydrogen-bond donors (Lipinski definition) is 2. The van der Waals surface area contributed by atoms with Crippen molar-refractivity contribution in [2.24, 2.45) is 5.41 Å². The van der Waals surface area contributed by atoms with E-state index in [1.807, 2.05) is 0 Å². The first kappa shape index (κ1) is 12.3. The van der Waals surface area contributed by atoms with Crippen LogP contribution in [0.5, 0.6) is 0 Å². The van der Waals surface area contributed by atoms with Gasteiger partial charge < -0.3 is 15.2 Å². The van der Waals surface area contributed by atoms with E-state index >= 15 is 0 Å². The second-order valence-corrected chi connectivity index (χ2v) is 5.63. The summed E-state index contributed by atoms with van der Waals surface area (Å²) in [5.74, 6) is 0. The van der Waals surface area contributed by atoms with Crippen molar-refractivity contribution in [2.45, 2.75) is 57.1 Å². The summed E-state index contributed by atoms with van der Waals surface area (Å²) in [5, 5.41) is 13.1. The Bertz CT molecular complexity index is 208. The predicted molar refractivity (Wildman–Crippen MR) is 64.4 cm³/mol. The van der Waals surface area contributed by atoms with Gasteiger partial charge in [-0.15, -0.1) is 0 Å². The van der Waals surface area contributed by atoms with Gasteiger partial charge in [-0.3, -0.25) is 0 Å². The van der Waals surface area contributed by atoms with Crippen LogP contribution in [0.3, 0.4) is 0 Å². The molecule has 0 aliphatic heterocycles. The van der Waals surface area contributed by atoms with Crippen LogP contribution in [-0.4, -0.2) is 37.5 Å². The number of aliphatic hydroxyl groups excluding tert-OH is 1. The monoisotopic (exact) mass is 227 g/mol. The fourth-order valence-corrected chi connectivity index (χ4v) is 2.65. The van der Waals surface area contributed by atoms with Crippen LogP contribution in [-0.2, 0) is 4.74 Å². The van der Waals surface area contributed by atoms with E-state index in [0.717, 1.165) is 38.8 Å². The number of hydrogen-bond acceptors (Lipinski definition) is 3. The number of aliphatic hydroxyl groups is 1. The summed E-state index contributed by atoms with van der Waals surface area (Å²) in [5.41, 5.74) is 0.548. The van der Waals surface area contributed by atoms with E-state index in [4.69, 9.17) is 4.74 Å². The first-order valence-corrected chi connectivity index (χ1v) is 6.64. The van der Waals surface area contributed by atoms with E-state index in [2.05, 4.69) is 5.32 Å². The topological polar surface area (TPSA) is 41.5 Å². The summed E-state index contributed by atoms with van der Waals surface area (Å²) in [4.78, 5) is 0. The fourth-order valence-electron chi connectivity index (χ4n) is 2.65. The highest BCUT2D eigenvalue weighted by molar-refractivity contribution is 4.95. The highest BCUT2D eigenvalue weighted by Gasteiger charge is 2.42. The first-order chi connectivity index (χ1) is 7.74. The van der Waals surface area contributed by atoms with Crippen molar-refractivity contribution in [3.05, 3.63) is 0 Å². The van der Waals surface area contributed by atoms with E-state index in [1.54, 1.807) is 7.11 Å². The minimum atomic E-state index is -0.0403. The predicted octanol–water partition coefficient (Wildman–Crippen LogP) is 1.70. The molecule has 2 aliphatic carbocycles. The molecular weight excluding hydrogens is 202 g/mol. The van der Waals surface area contributed by atoms with Gasteiger partial charge in [0.2, 0.25) is 0 Å². The fraction of sp³-hybridized carbons (Fsp3) is 1.00. The number of methoxy groups -OCH3 is 1. The van der Waals surface area contributed by atoms with Crippen LogP contribution in [0.4, 0.5) is 0 Å². The number of ether oxygens (including phenoxy) is 1. The van der Waals surface area contributed by atoms with E-state index in [-0.39, 0.29) is 6.10 Å². The molecule has 2 saturated carbocycles. The molecule has 16 heavy (non-hydrogen) atoms. The zero-order chi connectivity index (χ0) is 11.4. The Balaban J connectivity index is 1.63. The Morgan fingerprint density at radius 2 is 1.94 bits per heavy atom. The highest BCUT2D eigenvalue weighted by atomic mass is 16.5. The highest BCUT2D eigenvalue weighted by Crippen LogP contribution is 2.48. The zero-order valence-electron chi connectivity index (χ0n) is 10.4. The molecule has 0 spiro atoms. The summed E-state index contributed by atoms with van der Waals surface area (Å²) in [7, 11) is 1.78. The lowest BCUT2D eigenvalue weighted by Crippen LogP contribution is -2.38. The zero-order valence-corrected chi connectivity index (χ0v) is 10.4. The standard InChI is InChI=1S/C13H25NO2/c1-16-9-8-13(6-7-13)10-14-11-2-4-12(15)5-3-11/h11-12,14-15H,2-10H2,1H3. The molecule has 94 valence electrons. The van der Waals surface area contributed by atoms with Gasteiger partial charge in [0.05, 0.1) is 6.10 Å². The maximum Gasteiger partial charge on any atom is 0.0541 e. The Labute approximate surface area is 98.6 Å². The number of nitrogens with one attached hydrogen (secondary N) is 1. The van der Waals surface area contributed by atoms with Crippen molar-refractivity contribution >= 4 is 0 Å². The van der Waals surface area contributed by atoms with E-state index in [1.165, 1.54) is 19.3 Å². The third kappa shape index (κ3) is 3.44. The molecule has 0 saturated heterocycles. The maximum atomic E-state index is 9.44. The van der Waals surface area contributed by atoms with Crippen LogP contribution < -0.4 is 5.32 Å². The van der Waals surface area contributed by atoms with Crippen molar-refractivity contribution in [1.29, 1.82) is 0 Å². The smallest absolute Gasteiger partial charge is 0.0541 e. The molecule has 2 fully saturated rings. The summed E-state index contributed by atoms with van der Waals surface area (Å²) in [6.07, 6.45) is 8.11. The van der Waals surface area contributed by atoms with E-state index in [9.17, 15) is 5.11 Å². The quantitative estimate of drug-likeness (QED) is 0.725. The van der Waals surface area contributed by atoms with Crippen molar-refractivity contribution < 1.29 is 9.84 Å². The van der Waals surface area contributed by atoms with Crippen molar-refractivity contribution in [3.8, 4) is 0 Å². The Kier molecular flexibility index (Phi) is 4.22. The van der Waals surface area contributed by atoms with Crippen molar-refractivity contribution in [1.82, 2.24) is 5.32 Å². The molecule has 0 bridgehead atoms. The SMILES string of the molecule is COCCC1(CNC2CCC(O)CC2)CC1. The molecule has 0 heterocycles. The Morgan fingerprint density at radius 3 is 2.50 bits per heavy atom. The minimum Gasteiger partial charge on any atom is -0.393 e. The van der Waals surface area contributed by atoms with Crippen molar-refractivity contribution in [2.75, 3.05) is 20.3 Å². The van der Waals surface area contributed by atoms with Crippen LogP contribution in [0.15, 0.2) is 0 Å². The van der Waals surface area contributed by atoms with Gasteiger partial charge in [-0.1, -0.05) is 0 Å². The van der Waals surface area contributed by atoms with E-state index < -0.39 is 0 Å². The van der Waals surface area contributed by atoms with Gasteiger partial charge in [0.1, 0.15) is 0 Å². The normalized spacial score (nSPS) is 32.6. The number of rotatable bonds is 6. The van der Waals surface area contributed by atoms with Crippen LogP contribution in [0, 0.1) is 5.41 Å². The lowest BCUT2D eigenvalue weighted by Gasteiger charge is -2.28. The average molecular weight is 227 g/mol. The van der Waals surface area contributed by atoms with Gasteiger partial charge in [0.25, 0.3) is 0 Å². The molecule has 0 radical (unpaired) electrons. The van der Waals surface area contributed by atoms with E-state index in [0.29, 0.717) is 11.5 Å². The average Bonchev–Trinajstić information content (AvgIpc) is 3.07. The Morgan fingerprint density at radius 1 is 1.25 bits per heavy atom. The summed E-state index contributed by atoms with van der Waals surface area (Å²) in [6, 6.07) is 0.642. The molecular formula is C13H25NO2. The van der Waals surface area contributed by atoms with Gasteiger partial charge in [-0.05, 0) is 50.4 Å². The molecule has 2 N–H and O–H groups in total. The van der Waals surface area contributed by atoms with Crippen LogP contribution in [0.25, 0.3) is 0 Å². The van der Waals surface area contributed by atoms with Gasteiger partial charge in [0.15, 0.2) is 0 Å². The lowest BCUT2D eigenvalue weighted by molar-refractivity contribution is 0.114. The summed E-state index contributed by atoms with van der Waals surface area (Å²) >= 11 is 0. The first-order valence-electron chi connectivity index (χ1n) is 6.64.